The number of carbonyl (C=O) groups excluding carboxylic acids is 1. The first-order chi connectivity index (χ1) is 9.46. The van der Waals surface area contributed by atoms with E-state index in [1.807, 2.05) is 18.7 Å². The molecule has 0 aliphatic heterocycles. The van der Waals surface area contributed by atoms with Crippen molar-refractivity contribution >= 4 is 28.9 Å². The molecule has 1 rings (SSSR count). The van der Waals surface area contributed by atoms with Gasteiger partial charge in [0.2, 0.25) is 5.91 Å². The molecule has 0 aliphatic rings. The van der Waals surface area contributed by atoms with Crippen LogP contribution in [0, 0.1) is 17.2 Å². The molecule has 0 saturated carbocycles. The van der Waals surface area contributed by atoms with Crippen molar-refractivity contribution in [2.24, 2.45) is 5.92 Å². The minimum absolute atomic E-state index is 0.112. The summed E-state index contributed by atoms with van der Waals surface area (Å²) in [6.07, 6.45) is 0. The number of halogens is 1. The topological polar surface area (TPSA) is 82.2 Å². The van der Waals surface area contributed by atoms with Crippen LogP contribution in [0.5, 0.6) is 0 Å². The fourth-order valence-electron chi connectivity index (χ4n) is 1.77. The lowest BCUT2D eigenvalue weighted by atomic mass is 10.2. The summed E-state index contributed by atoms with van der Waals surface area (Å²) in [5, 5.41) is 12.0. The van der Waals surface area contributed by atoms with Gasteiger partial charge in [-0.2, -0.15) is 5.26 Å². The van der Waals surface area contributed by atoms with Crippen LogP contribution in [0.15, 0.2) is 18.2 Å². The lowest BCUT2D eigenvalue weighted by Crippen LogP contribution is -2.35. The first-order valence-electron chi connectivity index (χ1n) is 6.43. The molecule has 0 spiro atoms. The average Bonchev–Trinajstić information content (AvgIpc) is 2.41. The van der Waals surface area contributed by atoms with E-state index in [0.29, 0.717) is 29.5 Å². The number of anilines is 2. The van der Waals surface area contributed by atoms with Crippen LogP contribution in [-0.2, 0) is 4.79 Å². The van der Waals surface area contributed by atoms with Gasteiger partial charge < -0.3 is 11.1 Å². The van der Waals surface area contributed by atoms with E-state index in [4.69, 9.17) is 22.6 Å². The Hall–Kier alpha value is -1.77. The summed E-state index contributed by atoms with van der Waals surface area (Å²) < 4.78 is 0. The first kappa shape index (κ1) is 16.3. The highest BCUT2D eigenvalue weighted by atomic mass is 35.5. The third kappa shape index (κ3) is 5.08. The summed E-state index contributed by atoms with van der Waals surface area (Å²) >= 11 is 5.99. The highest BCUT2D eigenvalue weighted by Crippen LogP contribution is 2.23. The number of nitrogen functional groups attached to an aromatic ring is 1. The van der Waals surface area contributed by atoms with Gasteiger partial charge in [-0.25, -0.2) is 0 Å². The van der Waals surface area contributed by atoms with Crippen molar-refractivity contribution in [1.82, 2.24) is 4.90 Å². The van der Waals surface area contributed by atoms with Crippen LogP contribution in [0.4, 0.5) is 11.4 Å². The van der Waals surface area contributed by atoms with Gasteiger partial charge in [-0.3, -0.25) is 9.69 Å². The minimum Gasteiger partial charge on any atom is -0.399 e. The Morgan fingerprint density at radius 1 is 1.60 bits per heavy atom. The van der Waals surface area contributed by atoms with E-state index in [1.165, 1.54) is 0 Å². The Balaban J connectivity index is 2.62. The van der Waals surface area contributed by atoms with Crippen molar-refractivity contribution in [1.29, 1.82) is 5.26 Å². The summed E-state index contributed by atoms with van der Waals surface area (Å²) in [4.78, 5) is 13.9. The molecule has 1 atom stereocenters. The lowest BCUT2D eigenvalue weighted by molar-refractivity contribution is -0.117. The van der Waals surface area contributed by atoms with Crippen LogP contribution in [0.3, 0.4) is 0 Å². The average molecular weight is 295 g/mol. The number of hydrogen-bond donors (Lipinski definition) is 2. The molecule has 1 aromatic carbocycles. The van der Waals surface area contributed by atoms with Gasteiger partial charge in [0.1, 0.15) is 0 Å². The monoisotopic (exact) mass is 294 g/mol. The third-order valence-corrected chi connectivity index (χ3v) is 3.16. The smallest absolute Gasteiger partial charge is 0.238 e. The highest BCUT2D eigenvalue weighted by molar-refractivity contribution is 6.33. The fourth-order valence-corrected chi connectivity index (χ4v) is 1.93. The van der Waals surface area contributed by atoms with Crippen molar-refractivity contribution in [2.75, 3.05) is 30.7 Å². The molecular weight excluding hydrogens is 276 g/mol. The summed E-state index contributed by atoms with van der Waals surface area (Å²) in [7, 11) is 0. The zero-order valence-corrected chi connectivity index (χ0v) is 12.4. The molecule has 0 heterocycles. The van der Waals surface area contributed by atoms with Crippen LogP contribution in [-0.4, -0.2) is 30.4 Å². The lowest BCUT2D eigenvalue weighted by Gasteiger charge is -2.21. The largest absolute Gasteiger partial charge is 0.399 e. The zero-order chi connectivity index (χ0) is 15.1. The van der Waals surface area contributed by atoms with Crippen molar-refractivity contribution in [3.8, 4) is 6.07 Å². The van der Waals surface area contributed by atoms with Gasteiger partial charge in [-0.05, 0) is 31.7 Å². The van der Waals surface area contributed by atoms with Crippen LogP contribution >= 0.6 is 11.6 Å². The van der Waals surface area contributed by atoms with Gasteiger partial charge in [0.15, 0.2) is 0 Å². The first-order valence-corrected chi connectivity index (χ1v) is 6.81. The molecular formula is C14H19ClN4O. The summed E-state index contributed by atoms with van der Waals surface area (Å²) in [6, 6.07) is 7.09. The standard InChI is InChI=1S/C14H19ClN4O/c1-3-19(8-10(2)7-16)9-14(20)18-13-6-11(17)4-5-12(13)15/h4-6,10H,3,8-9,17H2,1-2H3,(H,18,20). The Bertz CT molecular complexity index is 512. The molecule has 0 saturated heterocycles. The third-order valence-electron chi connectivity index (χ3n) is 2.83. The number of nitrogens with zero attached hydrogens (tertiary/aromatic N) is 2. The Kier molecular flexibility index (Phi) is 6.29. The van der Waals surface area contributed by atoms with E-state index in [9.17, 15) is 4.79 Å². The number of benzene rings is 1. The van der Waals surface area contributed by atoms with E-state index in [2.05, 4.69) is 11.4 Å². The predicted molar refractivity (Wildman–Crippen MR) is 81.4 cm³/mol. The molecule has 108 valence electrons. The number of hydrogen-bond acceptors (Lipinski definition) is 4. The van der Waals surface area contributed by atoms with E-state index in [-0.39, 0.29) is 18.4 Å². The maximum atomic E-state index is 12.0. The molecule has 20 heavy (non-hydrogen) atoms. The van der Waals surface area contributed by atoms with Crippen molar-refractivity contribution in [3.05, 3.63) is 23.2 Å². The van der Waals surface area contributed by atoms with E-state index in [0.717, 1.165) is 0 Å². The van der Waals surface area contributed by atoms with Crippen molar-refractivity contribution in [2.45, 2.75) is 13.8 Å². The van der Waals surface area contributed by atoms with Gasteiger partial charge in [-0.1, -0.05) is 18.5 Å². The Morgan fingerprint density at radius 2 is 2.30 bits per heavy atom. The number of nitrogens with one attached hydrogen (secondary N) is 1. The van der Waals surface area contributed by atoms with Gasteiger partial charge in [0.25, 0.3) is 0 Å². The zero-order valence-electron chi connectivity index (χ0n) is 11.7. The number of nitriles is 1. The maximum Gasteiger partial charge on any atom is 0.238 e. The number of nitrogens with two attached hydrogens (primary N) is 1. The van der Waals surface area contributed by atoms with E-state index >= 15 is 0 Å². The SMILES string of the molecule is CCN(CC(=O)Nc1cc(N)ccc1Cl)CC(C)C#N. The Labute approximate surface area is 124 Å². The Morgan fingerprint density at radius 3 is 2.90 bits per heavy atom. The maximum absolute atomic E-state index is 12.0. The molecule has 0 bridgehead atoms. The number of likely N-dealkylation sites (N-methyl/N-ethyl adjacent to an activating group) is 1. The molecule has 0 aromatic heterocycles. The highest BCUT2D eigenvalue weighted by Gasteiger charge is 2.13. The van der Waals surface area contributed by atoms with Crippen LogP contribution < -0.4 is 11.1 Å². The number of amides is 1. The van der Waals surface area contributed by atoms with E-state index in [1.54, 1.807) is 18.2 Å². The van der Waals surface area contributed by atoms with Crippen molar-refractivity contribution < 1.29 is 4.79 Å². The van der Waals surface area contributed by atoms with Gasteiger partial charge in [-0.15, -0.1) is 0 Å². The molecule has 1 unspecified atom stereocenters. The molecule has 5 nitrogen and oxygen atoms in total. The molecule has 0 fully saturated rings. The second kappa shape index (κ2) is 7.73. The molecule has 6 heteroatoms. The van der Waals surface area contributed by atoms with Crippen LogP contribution in [0.25, 0.3) is 0 Å². The number of carbonyl (C=O) groups is 1. The molecule has 3 N–H and O–H groups in total. The predicted octanol–water partition coefficient (Wildman–Crippen LogP) is 2.34. The quantitative estimate of drug-likeness (QED) is 0.789. The van der Waals surface area contributed by atoms with Crippen molar-refractivity contribution in [3.63, 3.8) is 0 Å². The van der Waals surface area contributed by atoms with Crippen LogP contribution in [0.2, 0.25) is 5.02 Å². The molecule has 1 amide bonds. The van der Waals surface area contributed by atoms with Gasteiger partial charge >= 0.3 is 0 Å². The second-order valence-corrected chi connectivity index (χ2v) is 5.05. The van der Waals surface area contributed by atoms with Crippen LogP contribution in [0.1, 0.15) is 13.8 Å². The normalized spacial score (nSPS) is 11.9. The van der Waals surface area contributed by atoms with Gasteiger partial charge in [0.05, 0.1) is 29.2 Å². The minimum atomic E-state index is -0.176. The molecule has 0 aliphatic carbocycles. The summed E-state index contributed by atoms with van der Waals surface area (Å²) in [6.45, 7) is 5.25. The number of rotatable bonds is 6. The fraction of sp³-hybridized carbons (Fsp3) is 0.429. The van der Waals surface area contributed by atoms with E-state index < -0.39 is 0 Å². The summed E-state index contributed by atoms with van der Waals surface area (Å²) in [5.41, 5.74) is 6.70. The molecule has 0 radical (unpaired) electrons. The second-order valence-electron chi connectivity index (χ2n) is 4.65. The van der Waals surface area contributed by atoms with Gasteiger partial charge in [0, 0.05) is 12.2 Å². The molecule has 1 aromatic rings. The summed E-state index contributed by atoms with van der Waals surface area (Å²) in [5.74, 6) is -0.289.